The molecule has 0 atom stereocenters. The highest BCUT2D eigenvalue weighted by atomic mass is 127. The number of benzene rings is 1. The molecule has 0 aliphatic carbocycles. The van der Waals surface area contributed by atoms with Crippen LogP contribution >= 0.6 is 35.6 Å². The van der Waals surface area contributed by atoms with Gasteiger partial charge in [0, 0.05) is 0 Å². The summed E-state index contributed by atoms with van der Waals surface area (Å²) in [7, 11) is 0. The molecule has 0 aromatic heterocycles. The highest BCUT2D eigenvalue weighted by molar-refractivity contribution is 14.1. The van der Waals surface area contributed by atoms with Crippen molar-refractivity contribution in [2.45, 2.75) is 24.7 Å². The van der Waals surface area contributed by atoms with E-state index in [4.69, 9.17) is 3.07 Å². The lowest BCUT2D eigenvalue weighted by Crippen LogP contribution is -1.89. The lowest BCUT2D eigenvalue weighted by atomic mass is 10.0. The zero-order valence-electron chi connectivity index (χ0n) is 7.41. The molecule has 0 aliphatic heterocycles. The van der Waals surface area contributed by atoms with Crippen LogP contribution in [0.25, 0.3) is 0 Å². The number of phenolic OH excluding ortho intramolecular Hbond substituents is 1. The molecule has 1 N–H and O–H groups in total. The summed E-state index contributed by atoms with van der Waals surface area (Å²) in [5.41, 5.74) is 1.11. The van der Waals surface area contributed by atoms with Crippen LogP contribution in [0.15, 0.2) is 17.0 Å². The van der Waals surface area contributed by atoms with Crippen molar-refractivity contribution in [1.82, 2.24) is 0 Å². The molecule has 1 aromatic carbocycles. The second-order valence-corrected chi connectivity index (χ2v) is 4.04. The molecule has 0 amide bonds. The number of hydrogen-bond acceptors (Lipinski definition) is 3. The molecule has 0 unspecified atom stereocenters. The van der Waals surface area contributed by atoms with Crippen LogP contribution in [0.5, 0.6) is 11.5 Å². The molecule has 0 fully saturated rings. The summed E-state index contributed by atoms with van der Waals surface area (Å²) < 4.78 is 4.99. The Balaban J connectivity index is 3.22. The first-order valence-electron chi connectivity index (χ1n) is 3.90. The summed E-state index contributed by atoms with van der Waals surface area (Å²) in [5.74, 6) is 0.968. The Kier molecular flexibility index (Phi) is 3.73. The zero-order chi connectivity index (χ0) is 10.0. The molecule has 1 rings (SSSR count). The molecule has 0 radical (unpaired) electrons. The first-order valence-corrected chi connectivity index (χ1v) is 5.23. The van der Waals surface area contributed by atoms with E-state index in [1.54, 1.807) is 23.0 Å². The van der Waals surface area contributed by atoms with Crippen LogP contribution in [0.3, 0.4) is 0 Å². The molecule has 72 valence electrons. The molecule has 0 spiro atoms. The van der Waals surface area contributed by atoms with Gasteiger partial charge in [-0.1, -0.05) is 13.8 Å². The molecule has 0 saturated carbocycles. The zero-order valence-corrected chi connectivity index (χ0v) is 10.5. The lowest BCUT2D eigenvalue weighted by molar-refractivity contribution is 0.443. The maximum Gasteiger partial charge on any atom is 0.192 e. The monoisotopic (exact) mass is 310 g/mol. The Labute approximate surface area is 97.4 Å². The smallest absolute Gasteiger partial charge is 0.192 e. The number of hydrogen-bond donors (Lipinski definition) is 2. The third kappa shape index (κ3) is 2.43. The molecule has 0 saturated heterocycles. The number of thiol groups is 1. The predicted octanol–water partition coefficient (Wildman–Crippen LogP) is 3.53. The van der Waals surface area contributed by atoms with E-state index in [0.29, 0.717) is 16.6 Å². The Hall–Kier alpha value is -0.100. The van der Waals surface area contributed by atoms with E-state index >= 15 is 0 Å². The Morgan fingerprint density at radius 2 is 2.08 bits per heavy atom. The highest BCUT2D eigenvalue weighted by Crippen LogP contribution is 2.36. The van der Waals surface area contributed by atoms with Crippen LogP contribution in [-0.4, -0.2) is 5.11 Å². The van der Waals surface area contributed by atoms with E-state index in [2.05, 4.69) is 26.5 Å². The molecule has 2 nitrogen and oxygen atoms in total. The fourth-order valence-corrected chi connectivity index (χ4v) is 1.60. The van der Waals surface area contributed by atoms with Crippen molar-refractivity contribution < 1.29 is 8.17 Å². The van der Waals surface area contributed by atoms with Crippen molar-refractivity contribution in [3.63, 3.8) is 0 Å². The minimum absolute atomic E-state index is 0.0992. The van der Waals surface area contributed by atoms with Gasteiger partial charge < -0.3 is 8.17 Å². The van der Waals surface area contributed by atoms with Crippen LogP contribution in [0.4, 0.5) is 0 Å². The van der Waals surface area contributed by atoms with Crippen molar-refractivity contribution in [2.24, 2.45) is 0 Å². The number of aromatic hydroxyl groups is 1. The molecular weight excluding hydrogens is 299 g/mol. The summed E-state index contributed by atoms with van der Waals surface area (Å²) in [5, 5.41) is 9.50. The minimum Gasteiger partial charge on any atom is -0.503 e. The van der Waals surface area contributed by atoms with Crippen molar-refractivity contribution in [3.8, 4) is 11.5 Å². The maximum absolute atomic E-state index is 9.50. The Morgan fingerprint density at radius 3 is 2.54 bits per heavy atom. The van der Waals surface area contributed by atoms with Crippen molar-refractivity contribution in [1.29, 1.82) is 0 Å². The van der Waals surface area contributed by atoms with Gasteiger partial charge in [-0.3, -0.25) is 0 Å². The standard InChI is InChI=1S/C9H11IO2S/c1-5(2)6-3-7(12-10)9(11)8(13)4-6/h3-5,11,13H,1-2H3. The summed E-state index contributed by atoms with van der Waals surface area (Å²) >= 11 is 5.89. The van der Waals surface area contributed by atoms with Crippen LogP contribution in [0, 0.1) is 0 Å². The van der Waals surface area contributed by atoms with Crippen molar-refractivity contribution in [3.05, 3.63) is 17.7 Å². The third-order valence-electron chi connectivity index (χ3n) is 1.83. The lowest BCUT2D eigenvalue weighted by Gasteiger charge is -2.10. The SMILES string of the molecule is CC(C)c1cc(S)c(O)c(OI)c1. The Bertz CT molecular complexity index is 313. The Morgan fingerprint density at radius 1 is 1.46 bits per heavy atom. The molecular formula is C9H11IO2S. The van der Waals surface area contributed by atoms with Gasteiger partial charge in [0.1, 0.15) is 0 Å². The largest absolute Gasteiger partial charge is 0.503 e. The fraction of sp³-hybridized carbons (Fsp3) is 0.333. The van der Waals surface area contributed by atoms with Gasteiger partial charge in [-0.15, -0.1) is 12.6 Å². The van der Waals surface area contributed by atoms with Gasteiger partial charge in [-0.2, -0.15) is 0 Å². The van der Waals surface area contributed by atoms with E-state index in [9.17, 15) is 5.11 Å². The van der Waals surface area contributed by atoms with Gasteiger partial charge in [0.05, 0.1) is 4.90 Å². The van der Waals surface area contributed by atoms with Crippen LogP contribution in [0.2, 0.25) is 0 Å². The van der Waals surface area contributed by atoms with E-state index in [-0.39, 0.29) is 5.75 Å². The minimum atomic E-state index is 0.0992. The van der Waals surface area contributed by atoms with Gasteiger partial charge in [0.25, 0.3) is 0 Å². The predicted molar refractivity (Wildman–Crippen MR) is 64.1 cm³/mol. The summed E-state index contributed by atoms with van der Waals surface area (Å²) in [6.07, 6.45) is 0. The quantitative estimate of drug-likeness (QED) is 0.646. The van der Waals surface area contributed by atoms with Gasteiger partial charge >= 0.3 is 0 Å². The maximum atomic E-state index is 9.50. The summed E-state index contributed by atoms with van der Waals surface area (Å²) in [6.45, 7) is 4.16. The molecule has 13 heavy (non-hydrogen) atoms. The molecule has 0 bridgehead atoms. The first-order chi connectivity index (χ1) is 6.06. The van der Waals surface area contributed by atoms with Gasteiger partial charge in [0.15, 0.2) is 34.5 Å². The van der Waals surface area contributed by atoms with Gasteiger partial charge in [0.2, 0.25) is 0 Å². The molecule has 0 aliphatic rings. The second kappa shape index (κ2) is 4.41. The second-order valence-electron chi connectivity index (χ2n) is 3.12. The highest BCUT2D eigenvalue weighted by Gasteiger charge is 2.10. The normalized spacial score (nSPS) is 10.5. The molecule has 0 heterocycles. The number of rotatable bonds is 2. The average molecular weight is 310 g/mol. The first kappa shape index (κ1) is 11.0. The molecule has 4 heteroatoms. The number of phenols is 1. The topological polar surface area (TPSA) is 29.5 Å². The summed E-state index contributed by atoms with van der Waals surface area (Å²) in [4.78, 5) is 0.554. The average Bonchev–Trinajstić information content (AvgIpc) is 2.09. The van der Waals surface area contributed by atoms with E-state index in [1.807, 2.05) is 12.1 Å². The van der Waals surface area contributed by atoms with Crippen LogP contribution in [0.1, 0.15) is 25.3 Å². The van der Waals surface area contributed by atoms with Crippen LogP contribution in [-0.2, 0) is 0 Å². The van der Waals surface area contributed by atoms with Crippen molar-refractivity contribution in [2.75, 3.05) is 0 Å². The third-order valence-corrected chi connectivity index (χ3v) is 2.64. The van der Waals surface area contributed by atoms with E-state index in [1.165, 1.54) is 0 Å². The van der Waals surface area contributed by atoms with Crippen molar-refractivity contribution >= 4 is 35.6 Å². The molecule has 1 aromatic rings. The van der Waals surface area contributed by atoms with Gasteiger partial charge in [-0.05, 0) is 23.6 Å². The van der Waals surface area contributed by atoms with Crippen LogP contribution < -0.4 is 3.07 Å². The van der Waals surface area contributed by atoms with E-state index < -0.39 is 0 Å². The number of halogens is 1. The van der Waals surface area contributed by atoms with Gasteiger partial charge in [-0.25, -0.2) is 0 Å². The van der Waals surface area contributed by atoms with E-state index in [0.717, 1.165) is 5.56 Å². The fourth-order valence-electron chi connectivity index (χ4n) is 1.01. The summed E-state index contributed by atoms with van der Waals surface area (Å²) in [6, 6.07) is 3.68.